The first-order chi connectivity index (χ1) is 13.2. The smallest absolute Gasteiger partial charge is 0.408 e. The number of aromatic nitrogens is 3. The molecule has 8 nitrogen and oxygen atoms in total. The van der Waals surface area contributed by atoms with Gasteiger partial charge in [-0.1, -0.05) is 6.07 Å². The van der Waals surface area contributed by atoms with Gasteiger partial charge in [0, 0.05) is 37.1 Å². The quantitative estimate of drug-likeness (QED) is 0.574. The van der Waals surface area contributed by atoms with E-state index in [4.69, 9.17) is 19.9 Å². The molecule has 0 spiro atoms. The second-order valence-corrected chi connectivity index (χ2v) is 6.71. The summed E-state index contributed by atoms with van der Waals surface area (Å²) in [5.74, 6) is -0.460. The second kappa shape index (κ2) is 6.26. The van der Waals surface area contributed by atoms with Crippen LogP contribution in [0.1, 0.15) is 5.69 Å². The van der Waals surface area contributed by atoms with E-state index in [0.29, 0.717) is 16.8 Å². The molecule has 0 radical (unpaired) electrons. The second-order valence-electron chi connectivity index (χ2n) is 6.71. The molecule has 1 saturated heterocycles. The van der Waals surface area contributed by atoms with Crippen LogP contribution in [0.15, 0.2) is 45.7 Å². The number of ether oxygens (including phenoxy) is 1. The van der Waals surface area contributed by atoms with Gasteiger partial charge in [0.15, 0.2) is 5.58 Å². The topological polar surface area (TPSA) is 102 Å². The predicted octanol–water partition coefficient (Wildman–Crippen LogP) is 1.85. The SMILES string of the molecule is Nc1ccc2nc(-c3ccc4[nH]c(=O)oc4c3)c(CN3CCOCC3)n2c1. The van der Waals surface area contributed by atoms with Gasteiger partial charge in [-0.2, -0.15) is 0 Å². The number of hydrogen-bond acceptors (Lipinski definition) is 6. The van der Waals surface area contributed by atoms with Crippen LogP contribution in [-0.4, -0.2) is 45.6 Å². The number of nitrogens with one attached hydrogen (secondary N) is 1. The summed E-state index contributed by atoms with van der Waals surface area (Å²) in [5, 5.41) is 0. The predicted molar refractivity (Wildman–Crippen MR) is 102 cm³/mol. The minimum Gasteiger partial charge on any atom is -0.408 e. The van der Waals surface area contributed by atoms with Gasteiger partial charge in [0.05, 0.1) is 30.1 Å². The Kier molecular flexibility index (Phi) is 3.73. The van der Waals surface area contributed by atoms with Crippen LogP contribution in [-0.2, 0) is 11.3 Å². The van der Waals surface area contributed by atoms with Crippen molar-refractivity contribution in [2.45, 2.75) is 6.54 Å². The molecule has 3 aromatic heterocycles. The molecule has 5 rings (SSSR count). The standard InChI is InChI=1S/C19H19N5O3/c20-13-2-4-17-22-18(12-1-3-14-16(9-12)27-19(25)21-14)15(24(17)10-13)11-23-5-7-26-8-6-23/h1-4,9-10H,5-8,11,20H2,(H,21,25). The van der Waals surface area contributed by atoms with Crippen LogP contribution >= 0.6 is 0 Å². The molecule has 0 amide bonds. The van der Waals surface area contributed by atoms with Crippen molar-refractivity contribution in [3.63, 3.8) is 0 Å². The number of morpholine rings is 1. The Bertz CT molecular complexity index is 1180. The van der Waals surface area contributed by atoms with Gasteiger partial charge in [0.2, 0.25) is 0 Å². The monoisotopic (exact) mass is 365 g/mol. The normalized spacial score (nSPS) is 15.7. The molecule has 4 heterocycles. The Morgan fingerprint density at radius 3 is 2.89 bits per heavy atom. The Labute approximate surface area is 154 Å². The van der Waals surface area contributed by atoms with E-state index < -0.39 is 5.76 Å². The molecule has 138 valence electrons. The van der Waals surface area contributed by atoms with Gasteiger partial charge in [-0.3, -0.25) is 9.88 Å². The highest BCUT2D eigenvalue weighted by molar-refractivity contribution is 5.80. The molecule has 0 bridgehead atoms. The van der Waals surface area contributed by atoms with Crippen LogP contribution in [0, 0.1) is 0 Å². The number of aromatic amines is 1. The zero-order valence-corrected chi connectivity index (χ0v) is 14.6. The highest BCUT2D eigenvalue weighted by Gasteiger charge is 2.19. The van der Waals surface area contributed by atoms with Crippen molar-refractivity contribution in [3.8, 4) is 11.3 Å². The number of fused-ring (bicyclic) bond motifs is 2. The number of nitrogen functional groups attached to an aromatic ring is 1. The van der Waals surface area contributed by atoms with Gasteiger partial charge in [0.1, 0.15) is 5.65 Å². The van der Waals surface area contributed by atoms with E-state index in [-0.39, 0.29) is 0 Å². The van der Waals surface area contributed by atoms with Crippen molar-refractivity contribution in [2.24, 2.45) is 0 Å². The summed E-state index contributed by atoms with van der Waals surface area (Å²) >= 11 is 0. The number of nitrogens with two attached hydrogens (primary N) is 1. The molecule has 1 aliphatic rings. The van der Waals surface area contributed by atoms with E-state index in [1.807, 2.05) is 40.9 Å². The Balaban J connectivity index is 1.66. The maximum absolute atomic E-state index is 11.5. The highest BCUT2D eigenvalue weighted by atomic mass is 16.5. The van der Waals surface area contributed by atoms with Gasteiger partial charge in [-0.25, -0.2) is 9.78 Å². The van der Waals surface area contributed by atoms with Crippen molar-refractivity contribution in [2.75, 3.05) is 32.0 Å². The fourth-order valence-corrected chi connectivity index (χ4v) is 3.56. The molecule has 1 fully saturated rings. The summed E-state index contributed by atoms with van der Waals surface area (Å²) in [5.41, 5.74) is 11.5. The highest BCUT2D eigenvalue weighted by Crippen LogP contribution is 2.28. The summed E-state index contributed by atoms with van der Waals surface area (Å²) < 4.78 is 12.7. The zero-order valence-electron chi connectivity index (χ0n) is 14.6. The fourth-order valence-electron chi connectivity index (χ4n) is 3.56. The molecule has 0 atom stereocenters. The minimum atomic E-state index is -0.460. The Morgan fingerprint density at radius 2 is 2.04 bits per heavy atom. The van der Waals surface area contributed by atoms with E-state index >= 15 is 0 Å². The lowest BCUT2D eigenvalue weighted by Gasteiger charge is -2.26. The number of anilines is 1. The summed E-state index contributed by atoms with van der Waals surface area (Å²) in [6.45, 7) is 3.95. The first kappa shape index (κ1) is 16.1. The number of benzene rings is 1. The zero-order chi connectivity index (χ0) is 18.4. The van der Waals surface area contributed by atoms with E-state index in [0.717, 1.165) is 55.4 Å². The third-order valence-corrected chi connectivity index (χ3v) is 4.91. The van der Waals surface area contributed by atoms with Crippen LogP contribution in [0.25, 0.3) is 28.0 Å². The van der Waals surface area contributed by atoms with E-state index in [2.05, 4.69) is 9.88 Å². The lowest BCUT2D eigenvalue weighted by molar-refractivity contribution is 0.0336. The van der Waals surface area contributed by atoms with Crippen LogP contribution in [0.4, 0.5) is 5.69 Å². The van der Waals surface area contributed by atoms with Gasteiger partial charge in [-0.15, -0.1) is 0 Å². The molecule has 27 heavy (non-hydrogen) atoms. The molecule has 0 aliphatic carbocycles. The maximum Gasteiger partial charge on any atom is 0.417 e. The average molecular weight is 365 g/mol. The van der Waals surface area contributed by atoms with Crippen molar-refractivity contribution in [1.82, 2.24) is 19.3 Å². The lowest BCUT2D eigenvalue weighted by atomic mass is 10.1. The van der Waals surface area contributed by atoms with Crippen LogP contribution in [0.5, 0.6) is 0 Å². The number of nitrogens with zero attached hydrogens (tertiary/aromatic N) is 3. The number of oxazole rings is 1. The van der Waals surface area contributed by atoms with Crippen molar-refractivity contribution in [3.05, 3.63) is 52.8 Å². The molecule has 8 heteroatoms. The molecule has 3 N–H and O–H groups in total. The third kappa shape index (κ3) is 2.88. The Hall–Kier alpha value is -3.10. The van der Waals surface area contributed by atoms with Gasteiger partial charge >= 0.3 is 5.76 Å². The minimum absolute atomic E-state index is 0.460. The summed E-state index contributed by atoms with van der Waals surface area (Å²) in [4.78, 5) is 21.3. The van der Waals surface area contributed by atoms with Crippen molar-refractivity contribution >= 4 is 22.4 Å². The number of hydrogen-bond donors (Lipinski definition) is 2. The average Bonchev–Trinajstić information content (AvgIpc) is 3.21. The molecular formula is C19H19N5O3. The van der Waals surface area contributed by atoms with Crippen LogP contribution in [0.3, 0.4) is 0 Å². The van der Waals surface area contributed by atoms with Crippen LogP contribution < -0.4 is 11.5 Å². The largest absolute Gasteiger partial charge is 0.417 e. The summed E-state index contributed by atoms with van der Waals surface area (Å²) in [6.07, 6.45) is 1.90. The molecule has 1 aromatic carbocycles. The number of pyridine rings is 1. The van der Waals surface area contributed by atoms with Crippen LogP contribution in [0.2, 0.25) is 0 Å². The molecule has 0 unspecified atom stereocenters. The number of rotatable bonds is 3. The van der Waals surface area contributed by atoms with E-state index in [9.17, 15) is 4.79 Å². The Morgan fingerprint density at radius 1 is 1.19 bits per heavy atom. The first-order valence-corrected chi connectivity index (χ1v) is 8.87. The lowest BCUT2D eigenvalue weighted by Crippen LogP contribution is -2.36. The molecule has 4 aromatic rings. The third-order valence-electron chi connectivity index (χ3n) is 4.91. The fraction of sp³-hybridized carbons (Fsp3) is 0.263. The van der Waals surface area contributed by atoms with E-state index in [1.165, 1.54) is 0 Å². The van der Waals surface area contributed by atoms with Gasteiger partial charge in [-0.05, 0) is 24.3 Å². The molecule has 0 saturated carbocycles. The summed E-state index contributed by atoms with van der Waals surface area (Å²) in [7, 11) is 0. The first-order valence-electron chi connectivity index (χ1n) is 8.87. The molecular weight excluding hydrogens is 346 g/mol. The van der Waals surface area contributed by atoms with Crippen molar-refractivity contribution < 1.29 is 9.15 Å². The maximum atomic E-state index is 11.5. The van der Waals surface area contributed by atoms with Gasteiger partial charge < -0.3 is 19.3 Å². The number of imidazole rings is 1. The summed E-state index contributed by atoms with van der Waals surface area (Å²) in [6, 6.07) is 9.39. The molecule has 1 aliphatic heterocycles. The van der Waals surface area contributed by atoms with E-state index in [1.54, 1.807) is 0 Å². The number of H-pyrrole nitrogens is 1. The van der Waals surface area contributed by atoms with Crippen molar-refractivity contribution in [1.29, 1.82) is 0 Å². The van der Waals surface area contributed by atoms with Gasteiger partial charge in [0.25, 0.3) is 0 Å².